The van der Waals surface area contributed by atoms with Crippen LogP contribution in [0.4, 0.5) is 5.69 Å². The Bertz CT molecular complexity index is 3350. The minimum atomic E-state index is -2.26. The fourth-order valence-corrected chi connectivity index (χ4v) is 13.7. The summed E-state index contributed by atoms with van der Waals surface area (Å²) in [5.41, 5.74) is 14.0. The van der Waals surface area contributed by atoms with Gasteiger partial charge in [0.15, 0.2) is 5.71 Å². The first-order chi connectivity index (χ1) is 33.5. The molecular formula is C58H61B2N4O5Si+. The average molecular weight is 944 g/mol. The van der Waals surface area contributed by atoms with Gasteiger partial charge in [-0.1, -0.05) is 104 Å². The number of aromatic carboxylic acids is 1. The predicted octanol–water partition coefficient (Wildman–Crippen LogP) is 6.82. The molecule has 7 aromatic rings. The first-order valence-electron chi connectivity index (χ1n) is 23.9. The lowest BCUT2D eigenvalue weighted by molar-refractivity contribution is -0.462. The number of carbonyl (C=O) groups is 1. The van der Waals surface area contributed by atoms with E-state index in [0.29, 0.717) is 31.6 Å². The van der Waals surface area contributed by atoms with Gasteiger partial charge >= 0.3 is 20.6 Å². The van der Waals surface area contributed by atoms with Gasteiger partial charge in [-0.3, -0.25) is 9.80 Å². The minimum absolute atomic E-state index is 0.0369. The van der Waals surface area contributed by atoms with E-state index in [1.165, 1.54) is 10.4 Å². The second-order valence-corrected chi connectivity index (χ2v) is 24.3. The van der Waals surface area contributed by atoms with Crippen molar-refractivity contribution < 1.29 is 29.5 Å². The molecule has 12 heteroatoms. The van der Waals surface area contributed by atoms with Gasteiger partial charge in [0.2, 0.25) is 0 Å². The number of anilines is 1. The first kappa shape index (κ1) is 48.4. The van der Waals surface area contributed by atoms with E-state index in [2.05, 4.69) is 166 Å². The highest BCUT2D eigenvalue weighted by atomic mass is 28.3. The minimum Gasteiger partial charge on any atom is -0.478 e. The van der Waals surface area contributed by atoms with Crippen LogP contribution in [-0.2, 0) is 26.2 Å². The normalized spacial score (nSPS) is 14.0. The van der Waals surface area contributed by atoms with Crippen LogP contribution in [0.2, 0.25) is 13.1 Å². The lowest BCUT2D eigenvalue weighted by atomic mass is 9.77. The van der Waals surface area contributed by atoms with Crippen molar-refractivity contribution in [1.29, 1.82) is 0 Å². The molecule has 9 nitrogen and oxygen atoms in total. The summed E-state index contributed by atoms with van der Waals surface area (Å²) in [6, 6.07) is 43.1. The van der Waals surface area contributed by atoms with E-state index < -0.39 is 21.2 Å². The molecule has 0 atom stereocenters. The Kier molecular flexibility index (Phi) is 13.6. The van der Waals surface area contributed by atoms with E-state index >= 15 is 0 Å². The Labute approximate surface area is 413 Å². The molecule has 7 aromatic carbocycles. The van der Waals surface area contributed by atoms with Crippen molar-refractivity contribution in [2.75, 3.05) is 47.2 Å². The number of hydrogen-bond acceptors (Lipinski definition) is 7. The molecule has 0 aromatic heterocycles. The van der Waals surface area contributed by atoms with Gasteiger partial charge in [0.05, 0.1) is 5.56 Å². The third-order valence-electron chi connectivity index (χ3n) is 14.3. The molecule has 0 fully saturated rings. The van der Waals surface area contributed by atoms with Gasteiger partial charge in [-0.25, -0.2) is 9.37 Å². The largest absolute Gasteiger partial charge is 0.488 e. The van der Waals surface area contributed by atoms with E-state index in [9.17, 15) is 25.0 Å². The van der Waals surface area contributed by atoms with Gasteiger partial charge in [0.1, 0.15) is 22.2 Å². The highest BCUT2D eigenvalue weighted by molar-refractivity contribution is 6.98. The van der Waals surface area contributed by atoms with Crippen molar-refractivity contribution in [2.45, 2.75) is 39.3 Å². The quantitative estimate of drug-likeness (QED) is 0.0535. The number of benzene rings is 7. The van der Waals surface area contributed by atoms with Crippen molar-refractivity contribution in [2.24, 2.45) is 0 Å². The molecule has 1 heterocycles. The number of carboxylic acids is 1. The third kappa shape index (κ3) is 9.26. The summed E-state index contributed by atoms with van der Waals surface area (Å²) in [5.74, 6) is -0.988. The molecule has 0 radical (unpaired) electrons. The fraction of sp³-hybridized carbons (Fsp3) is 0.207. The Hall–Kier alpha value is -6.63. The molecule has 0 spiro atoms. The maximum atomic E-state index is 13.3. The molecule has 4 N–H and O–H groups in total. The van der Waals surface area contributed by atoms with E-state index in [4.69, 9.17) is 0 Å². The first-order valence-corrected chi connectivity index (χ1v) is 26.9. The number of hydrogen-bond donors (Lipinski definition) is 4. The lowest BCUT2D eigenvalue weighted by Gasteiger charge is -2.38. The van der Waals surface area contributed by atoms with Crippen LogP contribution in [0.3, 0.4) is 0 Å². The second kappa shape index (κ2) is 19.6. The van der Waals surface area contributed by atoms with E-state index in [1.54, 1.807) is 6.07 Å². The second-order valence-electron chi connectivity index (χ2n) is 20.0. The van der Waals surface area contributed by atoms with Crippen molar-refractivity contribution in [3.8, 4) is 11.1 Å². The summed E-state index contributed by atoms with van der Waals surface area (Å²) in [6.45, 7) is 7.15. The summed E-state index contributed by atoms with van der Waals surface area (Å²) in [7, 11) is 8.58. The van der Waals surface area contributed by atoms with Crippen LogP contribution in [0.5, 0.6) is 0 Å². The van der Waals surface area contributed by atoms with E-state index in [1.807, 2.05) is 48.5 Å². The summed E-state index contributed by atoms with van der Waals surface area (Å²) in [5, 5.41) is 48.6. The zero-order valence-electron chi connectivity index (χ0n) is 41.5. The van der Waals surface area contributed by atoms with E-state index in [0.717, 1.165) is 94.1 Å². The van der Waals surface area contributed by atoms with Crippen LogP contribution < -0.4 is 21.0 Å². The van der Waals surface area contributed by atoms with Gasteiger partial charge in [-0.2, -0.15) is 0 Å². The lowest BCUT2D eigenvalue weighted by Crippen LogP contribution is -2.49. The standard InChI is InChI=1S/C58H60B2N4O5Si/c1-61(2)43-22-25-48-55(31-43)70(7,8)56-32-44(62(3)4)23-26-49(56)57(48)41-27-40(28-42(29-41)58(65)66)37-21-24-47-50(30-37)52(36-63(5)33-38-15-9-13-19-53(38)59-67)46-18-12-11-17-45(46)51(47)35-64(6)34-39-16-10-14-20-54(39)60(68)69/h9-32,59,67-69H,33-36H2,1-8H3/p+1. The molecular weight excluding hydrogens is 882 g/mol. The van der Waals surface area contributed by atoms with Gasteiger partial charge in [0.25, 0.3) is 0 Å². The molecule has 2 aliphatic rings. The Balaban J connectivity index is 1.25. The highest BCUT2D eigenvalue weighted by Crippen LogP contribution is 2.44. The fourth-order valence-electron chi connectivity index (χ4n) is 10.7. The molecule has 1 aliphatic heterocycles. The Morgan fingerprint density at radius 3 is 1.93 bits per heavy atom. The summed E-state index contributed by atoms with van der Waals surface area (Å²) in [6.07, 6.45) is 6.74. The van der Waals surface area contributed by atoms with Crippen LogP contribution in [0.1, 0.15) is 43.7 Å². The monoisotopic (exact) mass is 943 g/mol. The van der Waals surface area contributed by atoms with Gasteiger partial charge < -0.3 is 25.1 Å². The number of fused-ring (bicyclic) bond motifs is 4. The third-order valence-corrected chi connectivity index (χ3v) is 17.9. The smallest absolute Gasteiger partial charge is 0.478 e. The molecule has 0 bridgehead atoms. The van der Waals surface area contributed by atoms with E-state index in [-0.39, 0.29) is 13.0 Å². The van der Waals surface area contributed by atoms with Crippen molar-refractivity contribution in [1.82, 2.24) is 9.80 Å². The van der Waals surface area contributed by atoms with Crippen LogP contribution in [0.15, 0.2) is 156 Å². The number of allylic oxidation sites excluding steroid dienone is 5. The highest BCUT2D eigenvalue weighted by Gasteiger charge is 2.40. The van der Waals surface area contributed by atoms with Crippen LogP contribution in [0.25, 0.3) is 38.2 Å². The zero-order valence-corrected chi connectivity index (χ0v) is 42.5. The van der Waals surface area contributed by atoms with Crippen LogP contribution >= 0.6 is 0 Å². The van der Waals surface area contributed by atoms with Gasteiger partial charge in [0, 0.05) is 58.1 Å². The summed E-state index contributed by atoms with van der Waals surface area (Å²) < 4.78 is 2.15. The van der Waals surface area contributed by atoms with Crippen molar-refractivity contribution in [3.63, 3.8) is 0 Å². The number of nitrogens with zero attached hydrogens (tertiary/aromatic N) is 4. The predicted molar refractivity (Wildman–Crippen MR) is 294 cm³/mol. The summed E-state index contributed by atoms with van der Waals surface area (Å²) >= 11 is 0. The Morgan fingerprint density at radius 1 is 0.657 bits per heavy atom. The van der Waals surface area contributed by atoms with Crippen LogP contribution in [0, 0.1) is 0 Å². The molecule has 0 saturated carbocycles. The SMILES string of the molecule is CN(Cc1ccccc1BO)Cc1c2ccccc2c(CN(C)Cc2ccccc2B(O)O)c2ccc(-c3cc(C(=O)O)cc(C4=C5C=CC(=[N+](C)C)C=C5[Si](C)(C)c5cc(N(C)C)ccc54)c3)cc12. The maximum Gasteiger partial charge on any atom is 0.488 e. The van der Waals surface area contributed by atoms with Crippen molar-refractivity contribution >= 4 is 83.3 Å². The summed E-state index contributed by atoms with van der Waals surface area (Å²) in [4.78, 5) is 19.9. The molecule has 0 saturated heterocycles. The average Bonchev–Trinajstić information content (AvgIpc) is 3.34. The molecule has 0 amide bonds. The van der Waals surface area contributed by atoms with Crippen LogP contribution in [-0.4, -0.2) is 111 Å². The Morgan fingerprint density at radius 2 is 1.27 bits per heavy atom. The molecule has 352 valence electrons. The van der Waals surface area contributed by atoms with Gasteiger partial charge in [-0.15, -0.1) is 0 Å². The molecule has 1 aliphatic carbocycles. The zero-order chi connectivity index (χ0) is 49.6. The number of rotatable bonds is 14. The molecule has 70 heavy (non-hydrogen) atoms. The van der Waals surface area contributed by atoms with Gasteiger partial charge in [-0.05, 0) is 155 Å². The number of carboxylic acid groups (broad SMARTS) is 1. The molecule has 0 unspecified atom stereocenters. The van der Waals surface area contributed by atoms with Crippen molar-refractivity contribution in [3.05, 3.63) is 195 Å². The molecule has 9 rings (SSSR count). The maximum absolute atomic E-state index is 13.3. The topological polar surface area (TPSA) is 111 Å².